The molecule has 1 saturated carbocycles. The summed E-state index contributed by atoms with van der Waals surface area (Å²) in [6, 6.07) is 10.5. The second-order valence-corrected chi connectivity index (χ2v) is 6.33. The molecule has 1 aliphatic rings. The smallest absolute Gasteiger partial charge is 0.216 e. The van der Waals surface area contributed by atoms with E-state index in [2.05, 4.69) is 51.6 Å². The molecule has 1 amide bonds. The highest BCUT2D eigenvalue weighted by atomic mass is 79.9. The van der Waals surface area contributed by atoms with Crippen molar-refractivity contribution >= 4 is 32.6 Å². The van der Waals surface area contributed by atoms with Crippen LogP contribution < -0.4 is 10.1 Å². The van der Waals surface area contributed by atoms with Crippen LogP contribution in [0, 0.1) is 0 Å². The van der Waals surface area contributed by atoms with Crippen LogP contribution in [0.2, 0.25) is 0 Å². The van der Waals surface area contributed by atoms with Crippen LogP contribution in [-0.2, 0) is 11.2 Å². The van der Waals surface area contributed by atoms with Crippen LogP contribution in [0.15, 0.2) is 34.8 Å². The monoisotopic (exact) mass is 347 g/mol. The third-order valence-electron chi connectivity index (χ3n) is 3.61. The largest absolute Gasteiger partial charge is 0.489 e. The van der Waals surface area contributed by atoms with Gasteiger partial charge in [-0.25, -0.2) is 0 Å². The summed E-state index contributed by atoms with van der Waals surface area (Å²) in [5.41, 5.74) is 1.23. The zero-order valence-electron chi connectivity index (χ0n) is 12.0. The van der Waals surface area contributed by atoms with Gasteiger partial charge in [-0.1, -0.05) is 18.2 Å². The maximum atomic E-state index is 11.0. The Morgan fingerprint density at radius 3 is 2.90 bits per heavy atom. The van der Waals surface area contributed by atoms with E-state index in [9.17, 15) is 4.79 Å². The maximum absolute atomic E-state index is 11.0. The number of fused-ring (bicyclic) bond motifs is 1. The minimum absolute atomic E-state index is 0.00994. The first-order valence-electron chi connectivity index (χ1n) is 7.26. The van der Waals surface area contributed by atoms with Crippen molar-refractivity contribution in [1.29, 1.82) is 0 Å². The first-order valence-corrected chi connectivity index (χ1v) is 8.05. The van der Waals surface area contributed by atoms with Crippen LogP contribution in [0.25, 0.3) is 10.8 Å². The molecule has 1 N–H and O–H groups in total. The third-order valence-corrected chi connectivity index (χ3v) is 4.23. The number of halogens is 1. The average molecular weight is 348 g/mol. The van der Waals surface area contributed by atoms with Crippen molar-refractivity contribution in [1.82, 2.24) is 5.32 Å². The first kappa shape index (κ1) is 14.4. The van der Waals surface area contributed by atoms with E-state index in [1.54, 1.807) is 6.92 Å². The molecule has 3 nitrogen and oxygen atoms in total. The summed E-state index contributed by atoms with van der Waals surface area (Å²) in [7, 11) is 0. The van der Waals surface area contributed by atoms with E-state index in [1.165, 1.54) is 16.3 Å². The van der Waals surface area contributed by atoms with Gasteiger partial charge in [-0.3, -0.25) is 4.79 Å². The number of carbonyl (C=O) groups excluding carboxylic acids is 1. The fraction of sp³-hybridized carbons (Fsp3) is 0.353. The zero-order valence-corrected chi connectivity index (χ0v) is 13.6. The normalized spacial score (nSPS) is 14.2. The van der Waals surface area contributed by atoms with Crippen LogP contribution >= 0.6 is 15.9 Å². The topological polar surface area (TPSA) is 38.3 Å². The van der Waals surface area contributed by atoms with E-state index in [0.717, 1.165) is 29.5 Å². The van der Waals surface area contributed by atoms with Crippen LogP contribution in [0.3, 0.4) is 0 Å². The quantitative estimate of drug-likeness (QED) is 0.892. The molecule has 2 aromatic rings. The summed E-state index contributed by atoms with van der Waals surface area (Å²) in [5.74, 6) is 0.924. The van der Waals surface area contributed by atoms with Crippen LogP contribution in [-0.4, -0.2) is 18.6 Å². The standard InChI is InChI=1S/C17H18BrNO2/c1-11(20)19-8-7-12-3-2-4-13-9-16(18)17(10-15(12)13)21-14-5-6-14/h2-4,9-10,14H,5-8H2,1H3,(H,19,20). The molecular weight excluding hydrogens is 330 g/mol. The van der Waals surface area contributed by atoms with Gasteiger partial charge in [-0.15, -0.1) is 0 Å². The molecule has 0 unspecified atom stereocenters. The number of rotatable bonds is 5. The molecule has 0 saturated heterocycles. The second-order valence-electron chi connectivity index (χ2n) is 5.47. The second kappa shape index (κ2) is 6.06. The van der Waals surface area contributed by atoms with E-state index in [1.807, 2.05) is 0 Å². The van der Waals surface area contributed by atoms with Crippen LogP contribution in [0.5, 0.6) is 5.75 Å². The summed E-state index contributed by atoms with van der Waals surface area (Å²) >= 11 is 3.59. The van der Waals surface area contributed by atoms with Crippen LogP contribution in [0.4, 0.5) is 0 Å². The lowest BCUT2D eigenvalue weighted by Crippen LogP contribution is -2.22. The lowest BCUT2D eigenvalue weighted by atomic mass is 10.0. The molecule has 4 heteroatoms. The minimum Gasteiger partial charge on any atom is -0.489 e. The Morgan fingerprint density at radius 2 is 2.19 bits per heavy atom. The van der Waals surface area contributed by atoms with Gasteiger partial charge in [-0.2, -0.15) is 0 Å². The van der Waals surface area contributed by atoms with E-state index in [-0.39, 0.29) is 5.91 Å². The Labute approximate surface area is 132 Å². The van der Waals surface area contributed by atoms with Crippen LogP contribution in [0.1, 0.15) is 25.3 Å². The van der Waals surface area contributed by atoms with E-state index in [0.29, 0.717) is 12.6 Å². The Bertz CT molecular complexity index is 680. The molecule has 0 heterocycles. The number of amides is 1. The molecule has 0 aromatic heterocycles. The van der Waals surface area contributed by atoms with Crippen molar-refractivity contribution in [2.24, 2.45) is 0 Å². The molecule has 2 aromatic carbocycles. The number of ether oxygens (including phenoxy) is 1. The first-order chi connectivity index (χ1) is 10.1. The highest BCUT2D eigenvalue weighted by Gasteiger charge is 2.24. The Morgan fingerprint density at radius 1 is 1.38 bits per heavy atom. The van der Waals surface area contributed by atoms with Crippen molar-refractivity contribution in [2.75, 3.05) is 6.54 Å². The molecule has 21 heavy (non-hydrogen) atoms. The van der Waals surface area contributed by atoms with Gasteiger partial charge in [-0.05, 0) is 63.7 Å². The number of hydrogen-bond acceptors (Lipinski definition) is 2. The molecule has 1 aliphatic carbocycles. The van der Waals surface area contributed by atoms with Gasteiger partial charge >= 0.3 is 0 Å². The Hall–Kier alpha value is -1.55. The fourth-order valence-electron chi connectivity index (χ4n) is 2.39. The lowest BCUT2D eigenvalue weighted by molar-refractivity contribution is -0.118. The maximum Gasteiger partial charge on any atom is 0.216 e. The number of carbonyl (C=O) groups is 1. The van der Waals surface area contributed by atoms with Gasteiger partial charge in [0.25, 0.3) is 0 Å². The van der Waals surface area contributed by atoms with Gasteiger partial charge < -0.3 is 10.1 Å². The molecule has 0 atom stereocenters. The minimum atomic E-state index is 0.00994. The molecule has 1 fully saturated rings. The summed E-state index contributed by atoms with van der Waals surface area (Å²) in [6.07, 6.45) is 3.50. The van der Waals surface area contributed by atoms with Gasteiger partial charge in [0, 0.05) is 13.5 Å². The van der Waals surface area contributed by atoms with Crippen molar-refractivity contribution in [3.05, 3.63) is 40.4 Å². The van der Waals surface area contributed by atoms with E-state index in [4.69, 9.17) is 4.74 Å². The van der Waals surface area contributed by atoms with Crippen molar-refractivity contribution in [3.8, 4) is 5.75 Å². The zero-order chi connectivity index (χ0) is 14.8. The molecule has 0 bridgehead atoms. The molecule has 0 radical (unpaired) electrons. The number of benzene rings is 2. The highest BCUT2D eigenvalue weighted by molar-refractivity contribution is 9.10. The molecule has 110 valence electrons. The van der Waals surface area contributed by atoms with Crippen molar-refractivity contribution in [3.63, 3.8) is 0 Å². The molecule has 3 rings (SSSR count). The van der Waals surface area contributed by atoms with E-state index >= 15 is 0 Å². The fourth-order valence-corrected chi connectivity index (χ4v) is 2.84. The van der Waals surface area contributed by atoms with Gasteiger partial charge in [0.15, 0.2) is 0 Å². The molecular formula is C17H18BrNO2. The number of hydrogen-bond donors (Lipinski definition) is 1. The molecule has 0 aliphatic heterocycles. The number of nitrogens with one attached hydrogen (secondary N) is 1. The summed E-state index contributed by atoms with van der Waals surface area (Å²) in [5, 5.41) is 5.23. The van der Waals surface area contributed by atoms with Gasteiger partial charge in [0.1, 0.15) is 5.75 Å². The van der Waals surface area contributed by atoms with Crippen molar-refractivity contribution < 1.29 is 9.53 Å². The third kappa shape index (κ3) is 3.56. The SMILES string of the molecule is CC(=O)NCCc1cccc2cc(Br)c(OC3CC3)cc12. The Kier molecular flexibility index (Phi) is 4.15. The van der Waals surface area contributed by atoms with Crippen molar-refractivity contribution in [2.45, 2.75) is 32.3 Å². The summed E-state index contributed by atoms with van der Waals surface area (Å²) in [6.45, 7) is 2.20. The molecule has 0 spiro atoms. The average Bonchev–Trinajstić information content (AvgIpc) is 3.24. The lowest BCUT2D eigenvalue weighted by Gasteiger charge is -2.12. The summed E-state index contributed by atoms with van der Waals surface area (Å²) in [4.78, 5) is 11.0. The predicted octanol–water partition coefficient (Wildman–Crippen LogP) is 3.82. The Balaban J connectivity index is 1.89. The van der Waals surface area contributed by atoms with Gasteiger partial charge in [0.05, 0.1) is 10.6 Å². The highest BCUT2D eigenvalue weighted by Crippen LogP contribution is 2.36. The van der Waals surface area contributed by atoms with E-state index < -0.39 is 0 Å². The summed E-state index contributed by atoms with van der Waals surface area (Å²) < 4.78 is 6.95. The predicted molar refractivity (Wildman–Crippen MR) is 87.7 cm³/mol. The van der Waals surface area contributed by atoms with Gasteiger partial charge in [0.2, 0.25) is 5.91 Å².